The molecule has 0 fully saturated rings. The topological polar surface area (TPSA) is 60.4 Å². The van der Waals surface area contributed by atoms with Crippen molar-refractivity contribution in [2.45, 2.75) is 26.9 Å². The summed E-state index contributed by atoms with van der Waals surface area (Å²) in [5.41, 5.74) is 0. The van der Waals surface area contributed by atoms with E-state index in [0.717, 1.165) is 23.5 Å². The van der Waals surface area contributed by atoms with Gasteiger partial charge in [0.05, 0.1) is 0 Å². The standard InChI is InChI=1S/C9H14O4S2/c1-6(10)13-9(4-14-7(2)11)5-15-8(3)12/h9H,4-5H2,1-3H3. The summed E-state index contributed by atoms with van der Waals surface area (Å²) in [7, 11) is 0. The number of thioether (sulfide) groups is 2. The minimum Gasteiger partial charge on any atom is -0.461 e. The summed E-state index contributed by atoms with van der Waals surface area (Å²) in [4.78, 5) is 32.2. The lowest BCUT2D eigenvalue weighted by molar-refractivity contribution is -0.144. The van der Waals surface area contributed by atoms with E-state index in [1.807, 2.05) is 0 Å². The summed E-state index contributed by atoms with van der Waals surface area (Å²) < 4.78 is 4.97. The Morgan fingerprint density at radius 3 is 1.67 bits per heavy atom. The van der Waals surface area contributed by atoms with Crippen LogP contribution in [0.1, 0.15) is 20.8 Å². The number of hydrogen-bond acceptors (Lipinski definition) is 6. The van der Waals surface area contributed by atoms with Gasteiger partial charge in [0, 0.05) is 32.3 Å². The molecule has 0 aromatic rings. The number of carbonyl (C=O) groups excluding carboxylic acids is 3. The molecule has 0 aliphatic carbocycles. The number of rotatable bonds is 5. The van der Waals surface area contributed by atoms with Gasteiger partial charge in [0.15, 0.2) is 10.2 Å². The van der Waals surface area contributed by atoms with E-state index in [1.54, 1.807) is 0 Å². The van der Waals surface area contributed by atoms with Gasteiger partial charge in [-0.15, -0.1) is 0 Å². The van der Waals surface area contributed by atoms with Crippen LogP contribution in [0.3, 0.4) is 0 Å². The maximum absolute atomic E-state index is 10.7. The summed E-state index contributed by atoms with van der Waals surface area (Å²) in [6.45, 7) is 4.21. The zero-order valence-electron chi connectivity index (χ0n) is 8.94. The first-order valence-electron chi connectivity index (χ1n) is 4.35. The summed E-state index contributed by atoms with van der Waals surface area (Å²) in [5.74, 6) is 0.401. The molecule has 0 aliphatic rings. The lowest BCUT2D eigenvalue weighted by Gasteiger charge is -2.14. The summed E-state index contributed by atoms with van der Waals surface area (Å²) in [6, 6.07) is 0. The second kappa shape index (κ2) is 7.76. The fourth-order valence-corrected chi connectivity index (χ4v) is 2.13. The van der Waals surface area contributed by atoms with E-state index in [4.69, 9.17) is 4.74 Å². The Labute approximate surface area is 97.5 Å². The van der Waals surface area contributed by atoms with Crippen molar-refractivity contribution in [3.63, 3.8) is 0 Å². The normalized spacial score (nSPS) is 10.1. The Hall–Kier alpha value is -0.490. The van der Waals surface area contributed by atoms with Gasteiger partial charge < -0.3 is 4.74 Å². The van der Waals surface area contributed by atoms with E-state index < -0.39 is 5.97 Å². The second-order valence-electron chi connectivity index (χ2n) is 2.84. The smallest absolute Gasteiger partial charge is 0.302 e. The molecular weight excluding hydrogens is 236 g/mol. The fraction of sp³-hybridized carbons (Fsp3) is 0.667. The minimum atomic E-state index is -0.395. The van der Waals surface area contributed by atoms with Crippen LogP contribution in [0.25, 0.3) is 0 Å². The Balaban J connectivity index is 3.99. The molecule has 0 saturated heterocycles. The van der Waals surface area contributed by atoms with E-state index in [9.17, 15) is 14.4 Å². The molecule has 0 aromatic carbocycles. The molecule has 4 nitrogen and oxygen atoms in total. The van der Waals surface area contributed by atoms with Crippen LogP contribution in [0.4, 0.5) is 0 Å². The van der Waals surface area contributed by atoms with Crippen molar-refractivity contribution >= 4 is 39.7 Å². The highest BCUT2D eigenvalue weighted by Gasteiger charge is 2.14. The van der Waals surface area contributed by atoms with Crippen molar-refractivity contribution in [3.8, 4) is 0 Å². The lowest BCUT2D eigenvalue weighted by atomic mass is 10.5. The lowest BCUT2D eigenvalue weighted by Crippen LogP contribution is -2.22. The van der Waals surface area contributed by atoms with Gasteiger partial charge in [0.2, 0.25) is 0 Å². The SMILES string of the molecule is CC(=O)OC(CSC(C)=O)CSC(C)=O. The molecule has 0 aliphatic heterocycles. The molecule has 0 saturated carbocycles. The van der Waals surface area contributed by atoms with Crippen LogP contribution in [0.5, 0.6) is 0 Å². The van der Waals surface area contributed by atoms with Crippen molar-refractivity contribution in [3.05, 3.63) is 0 Å². The van der Waals surface area contributed by atoms with Gasteiger partial charge in [-0.05, 0) is 0 Å². The maximum Gasteiger partial charge on any atom is 0.302 e. The van der Waals surface area contributed by atoms with Crippen molar-refractivity contribution in [1.29, 1.82) is 0 Å². The Morgan fingerprint density at radius 2 is 1.40 bits per heavy atom. The van der Waals surface area contributed by atoms with Gasteiger partial charge in [0.1, 0.15) is 6.10 Å². The quantitative estimate of drug-likeness (QED) is 0.689. The van der Waals surface area contributed by atoms with E-state index in [0.29, 0.717) is 11.5 Å². The van der Waals surface area contributed by atoms with Gasteiger partial charge in [-0.25, -0.2) is 0 Å². The first-order chi connectivity index (χ1) is 6.91. The summed E-state index contributed by atoms with van der Waals surface area (Å²) in [5, 5.41) is -0.0556. The van der Waals surface area contributed by atoms with Crippen LogP contribution in [0.2, 0.25) is 0 Å². The van der Waals surface area contributed by atoms with E-state index >= 15 is 0 Å². The molecule has 0 radical (unpaired) electrons. The third-order valence-corrected chi connectivity index (χ3v) is 3.17. The molecule has 0 heterocycles. The highest BCUT2D eigenvalue weighted by molar-refractivity contribution is 8.14. The Bertz CT molecular complexity index is 234. The second-order valence-corrected chi connectivity index (χ2v) is 5.23. The molecular formula is C9H14O4S2. The molecule has 0 bridgehead atoms. The van der Waals surface area contributed by atoms with Crippen LogP contribution in [-0.4, -0.2) is 33.8 Å². The zero-order valence-corrected chi connectivity index (χ0v) is 10.6. The van der Waals surface area contributed by atoms with E-state index in [2.05, 4.69) is 0 Å². The van der Waals surface area contributed by atoms with Crippen LogP contribution in [-0.2, 0) is 19.1 Å². The molecule has 0 atom stereocenters. The maximum atomic E-state index is 10.7. The first-order valence-corrected chi connectivity index (χ1v) is 6.33. The van der Waals surface area contributed by atoms with Crippen molar-refractivity contribution in [2.75, 3.05) is 11.5 Å². The average Bonchev–Trinajstić information content (AvgIpc) is 2.08. The first kappa shape index (κ1) is 14.5. The molecule has 0 rings (SSSR count). The van der Waals surface area contributed by atoms with Gasteiger partial charge >= 0.3 is 5.97 Å². The minimum absolute atomic E-state index is 0.0278. The van der Waals surface area contributed by atoms with Gasteiger partial charge in [-0.1, -0.05) is 23.5 Å². The predicted octanol–water partition coefficient (Wildman–Crippen LogP) is 1.48. The average molecular weight is 250 g/mol. The van der Waals surface area contributed by atoms with E-state index in [-0.39, 0.29) is 16.3 Å². The van der Waals surface area contributed by atoms with Crippen LogP contribution < -0.4 is 0 Å². The van der Waals surface area contributed by atoms with Crippen LogP contribution in [0.15, 0.2) is 0 Å². The predicted molar refractivity (Wildman–Crippen MR) is 61.8 cm³/mol. The Kier molecular flexibility index (Phi) is 7.50. The fourth-order valence-electron chi connectivity index (χ4n) is 0.771. The number of hydrogen-bond donors (Lipinski definition) is 0. The molecule has 0 spiro atoms. The van der Waals surface area contributed by atoms with E-state index in [1.165, 1.54) is 20.8 Å². The number of ether oxygens (including phenoxy) is 1. The molecule has 0 unspecified atom stereocenters. The number of esters is 1. The van der Waals surface area contributed by atoms with Crippen molar-refractivity contribution in [2.24, 2.45) is 0 Å². The van der Waals surface area contributed by atoms with Gasteiger partial charge in [-0.3, -0.25) is 14.4 Å². The number of carbonyl (C=O) groups is 3. The zero-order chi connectivity index (χ0) is 11.8. The Morgan fingerprint density at radius 1 is 1.00 bits per heavy atom. The third-order valence-electron chi connectivity index (χ3n) is 1.28. The molecule has 86 valence electrons. The molecule has 15 heavy (non-hydrogen) atoms. The van der Waals surface area contributed by atoms with Gasteiger partial charge in [0.25, 0.3) is 0 Å². The molecule has 0 amide bonds. The summed E-state index contributed by atoms with van der Waals surface area (Å²) in [6.07, 6.45) is -0.384. The largest absolute Gasteiger partial charge is 0.461 e. The van der Waals surface area contributed by atoms with Crippen molar-refractivity contribution in [1.82, 2.24) is 0 Å². The molecule has 0 N–H and O–H groups in total. The van der Waals surface area contributed by atoms with Crippen LogP contribution in [0, 0.1) is 0 Å². The highest BCUT2D eigenvalue weighted by Crippen LogP contribution is 2.13. The monoisotopic (exact) mass is 250 g/mol. The molecule has 0 aromatic heterocycles. The van der Waals surface area contributed by atoms with Crippen molar-refractivity contribution < 1.29 is 19.1 Å². The third kappa shape index (κ3) is 9.81. The molecule has 6 heteroatoms. The van der Waals surface area contributed by atoms with Crippen LogP contribution >= 0.6 is 23.5 Å². The summed E-state index contributed by atoms with van der Waals surface area (Å²) >= 11 is 2.18. The van der Waals surface area contributed by atoms with Gasteiger partial charge in [-0.2, -0.15) is 0 Å². The highest BCUT2D eigenvalue weighted by atomic mass is 32.2.